The third-order valence-electron chi connectivity index (χ3n) is 4.68. The summed E-state index contributed by atoms with van der Waals surface area (Å²) in [5, 5.41) is 5.42. The first-order valence-corrected chi connectivity index (χ1v) is 10.9. The van der Waals surface area contributed by atoms with Crippen LogP contribution in [0.15, 0.2) is 52.9 Å². The lowest BCUT2D eigenvalue weighted by Crippen LogP contribution is -2.30. The van der Waals surface area contributed by atoms with Crippen molar-refractivity contribution in [2.45, 2.75) is 37.0 Å². The number of thioether (sulfide) groups is 1. The van der Waals surface area contributed by atoms with Crippen LogP contribution in [0.25, 0.3) is 10.8 Å². The van der Waals surface area contributed by atoms with Crippen molar-refractivity contribution in [1.29, 1.82) is 0 Å². The monoisotopic (exact) mass is 417 g/mol. The molecule has 0 aromatic heterocycles. The van der Waals surface area contributed by atoms with E-state index < -0.39 is 5.97 Å². The Kier molecular flexibility index (Phi) is 7.80. The molecule has 0 fully saturated rings. The van der Waals surface area contributed by atoms with Crippen LogP contribution in [0.2, 0.25) is 5.02 Å². The molecule has 0 heterocycles. The van der Waals surface area contributed by atoms with E-state index in [-0.39, 0.29) is 18.3 Å². The predicted octanol–water partition coefficient (Wildman–Crippen LogP) is 5.14. The van der Waals surface area contributed by atoms with E-state index in [1.807, 2.05) is 36.4 Å². The number of amides is 1. The van der Waals surface area contributed by atoms with Crippen LogP contribution in [0, 0.1) is 0 Å². The predicted molar refractivity (Wildman–Crippen MR) is 115 cm³/mol. The number of fused-ring (bicyclic) bond motifs is 1. The van der Waals surface area contributed by atoms with Gasteiger partial charge in [0.1, 0.15) is 0 Å². The lowest BCUT2D eigenvalue weighted by molar-refractivity contribution is -0.145. The largest absolute Gasteiger partial charge is 0.455 e. The summed E-state index contributed by atoms with van der Waals surface area (Å²) in [7, 11) is 0. The molecule has 0 bridgehead atoms. The molecular weight excluding hydrogens is 394 g/mol. The van der Waals surface area contributed by atoms with Crippen LogP contribution in [0.4, 0.5) is 0 Å². The van der Waals surface area contributed by atoms with Crippen molar-refractivity contribution in [3.8, 4) is 0 Å². The second-order valence-electron chi connectivity index (χ2n) is 6.75. The van der Waals surface area contributed by atoms with Gasteiger partial charge in [-0.05, 0) is 49.6 Å². The van der Waals surface area contributed by atoms with Gasteiger partial charge in [-0.3, -0.25) is 9.59 Å². The van der Waals surface area contributed by atoms with Crippen molar-refractivity contribution in [2.24, 2.45) is 0 Å². The lowest BCUT2D eigenvalue weighted by atomic mass is 9.97. The zero-order chi connectivity index (χ0) is 19.8. The van der Waals surface area contributed by atoms with E-state index in [0.29, 0.717) is 11.6 Å². The van der Waals surface area contributed by atoms with Crippen molar-refractivity contribution in [3.05, 3.63) is 53.1 Å². The number of esters is 1. The Morgan fingerprint density at radius 2 is 1.96 bits per heavy atom. The van der Waals surface area contributed by atoms with Gasteiger partial charge in [0.05, 0.1) is 5.75 Å². The Morgan fingerprint density at radius 1 is 1.14 bits per heavy atom. The second kappa shape index (κ2) is 10.5. The number of benzene rings is 2. The van der Waals surface area contributed by atoms with E-state index in [0.717, 1.165) is 34.9 Å². The Bertz CT molecular complexity index is 876. The summed E-state index contributed by atoms with van der Waals surface area (Å²) in [6, 6.07) is 11.6. The third-order valence-corrected chi connectivity index (χ3v) is 6.02. The number of nitrogens with one attached hydrogen (secondary N) is 1. The fourth-order valence-corrected chi connectivity index (χ4v) is 4.50. The van der Waals surface area contributed by atoms with Gasteiger partial charge in [0.15, 0.2) is 6.61 Å². The fourth-order valence-electron chi connectivity index (χ4n) is 3.25. The molecule has 1 aliphatic carbocycles. The Morgan fingerprint density at radius 3 is 2.75 bits per heavy atom. The quantitative estimate of drug-likeness (QED) is 0.367. The highest BCUT2D eigenvalue weighted by molar-refractivity contribution is 8.00. The van der Waals surface area contributed by atoms with E-state index in [2.05, 4.69) is 11.4 Å². The van der Waals surface area contributed by atoms with Crippen LogP contribution in [0.5, 0.6) is 0 Å². The maximum Gasteiger partial charge on any atom is 0.316 e. The molecule has 3 rings (SSSR count). The molecular formula is C22H24ClNO3S. The molecule has 0 unspecified atom stereocenters. The fraction of sp³-hybridized carbons (Fsp3) is 0.364. The van der Waals surface area contributed by atoms with Crippen LogP contribution in [0.3, 0.4) is 0 Å². The molecule has 2 aromatic rings. The molecule has 0 aliphatic heterocycles. The van der Waals surface area contributed by atoms with Gasteiger partial charge in [0, 0.05) is 21.8 Å². The molecule has 0 saturated heterocycles. The molecule has 1 N–H and O–H groups in total. The summed E-state index contributed by atoms with van der Waals surface area (Å²) in [5.41, 5.74) is 1.41. The minimum absolute atomic E-state index is 0.129. The standard InChI is InChI=1S/C22H24ClNO3S/c23-18-10-4-8-17-9-5-11-19(22(17)18)28-15-21(26)27-14-20(25)24-13-12-16-6-2-1-3-7-16/h4-6,8-11H,1-3,7,12-15H2,(H,24,25). The highest BCUT2D eigenvalue weighted by Crippen LogP contribution is 2.33. The van der Waals surface area contributed by atoms with Crippen molar-refractivity contribution < 1.29 is 14.3 Å². The molecule has 28 heavy (non-hydrogen) atoms. The minimum atomic E-state index is -0.417. The van der Waals surface area contributed by atoms with E-state index in [1.165, 1.54) is 30.2 Å². The molecule has 148 valence electrons. The molecule has 1 aliphatic rings. The van der Waals surface area contributed by atoms with Crippen molar-refractivity contribution in [2.75, 3.05) is 18.9 Å². The SMILES string of the molecule is O=C(COC(=O)CSc1cccc2cccc(Cl)c12)NCCC1=CCCCC1. The summed E-state index contributed by atoms with van der Waals surface area (Å²) in [5.74, 6) is -0.549. The summed E-state index contributed by atoms with van der Waals surface area (Å²) in [6.45, 7) is 0.347. The maximum absolute atomic E-state index is 12.0. The zero-order valence-electron chi connectivity index (χ0n) is 15.7. The van der Waals surface area contributed by atoms with Gasteiger partial charge in [-0.2, -0.15) is 0 Å². The van der Waals surface area contributed by atoms with Gasteiger partial charge in [-0.1, -0.05) is 47.5 Å². The number of ether oxygens (including phenoxy) is 1. The highest BCUT2D eigenvalue weighted by Gasteiger charge is 2.11. The van der Waals surface area contributed by atoms with E-state index in [9.17, 15) is 9.59 Å². The van der Waals surface area contributed by atoms with Crippen LogP contribution in [-0.4, -0.2) is 30.8 Å². The highest BCUT2D eigenvalue weighted by atomic mass is 35.5. The van der Waals surface area contributed by atoms with E-state index >= 15 is 0 Å². The summed E-state index contributed by atoms with van der Waals surface area (Å²) in [4.78, 5) is 24.8. The number of hydrogen-bond acceptors (Lipinski definition) is 4. The van der Waals surface area contributed by atoms with Crippen LogP contribution < -0.4 is 5.32 Å². The van der Waals surface area contributed by atoms with Crippen molar-refractivity contribution in [3.63, 3.8) is 0 Å². The minimum Gasteiger partial charge on any atom is -0.455 e. The van der Waals surface area contributed by atoms with E-state index in [4.69, 9.17) is 16.3 Å². The molecule has 4 nitrogen and oxygen atoms in total. The van der Waals surface area contributed by atoms with Gasteiger partial charge in [0.25, 0.3) is 5.91 Å². The Balaban J connectivity index is 1.40. The first kappa shape index (κ1) is 20.7. The number of allylic oxidation sites excluding steroid dienone is 1. The molecule has 0 spiro atoms. The third kappa shape index (κ3) is 6.01. The molecule has 0 radical (unpaired) electrons. The molecule has 6 heteroatoms. The van der Waals surface area contributed by atoms with Gasteiger partial charge >= 0.3 is 5.97 Å². The smallest absolute Gasteiger partial charge is 0.316 e. The van der Waals surface area contributed by atoms with Crippen LogP contribution in [-0.2, 0) is 14.3 Å². The Labute approximate surface area is 174 Å². The summed E-state index contributed by atoms with van der Waals surface area (Å²) >= 11 is 7.66. The summed E-state index contributed by atoms with van der Waals surface area (Å²) < 4.78 is 5.09. The first-order valence-electron chi connectivity index (χ1n) is 9.54. The zero-order valence-corrected chi connectivity index (χ0v) is 17.3. The number of hydrogen-bond donors (Lipinski definition) is 1. The number of halogens is 1. The molecule has 0 atom stereocenters. The van der Waals surface area contributed by atoms with E-state index in [1.54, 1.807) is 0 Å². The maximum atomic E-state index is 12.0. The summed E-state index contributed by atoms with van der Waals surface area (Å²) in [6.07, 6.45) is 7.90. The van der Waals surface area contributed by atoms with Crippen molar-refractivity contribution >= 4 is 46.0 Å². The lowest BCUT2D eigenvalue weighted by Gasteiger charge is -2.13. The van der Waals surface area contributed by atoms with Gasteiger partial charge < -0.3 is 10.1 Å². The average Bonchev–Trinajstić information content (AvgIpc) is 2.71. The topological polar surface area (TPSA) is 55.4 Å². The molecule has 0 saturated carbocycles. The van der Waals surface area contributed by atoms with Gasteiger partial charge in [0.2, 0.25) is 0 Å². The Hall–Kier alpha value is -1.98. The molecule has 2 aromatic carbocycles. The number of carbonyl (C=O) groups is 2. The number of rotatable bonds is 8. The first-order chi connectivity index (χ1) is 13.6. The van der Waals surface area contributed by atoms with Gasteiger partial charge in [-0.15, -0.1) is 11.8 Å². The van der Waals surface area contributed by atoms with Crippen LogP contribution >= 0.6 is 23.4 Å². The van der Waals surface area contributed by atoms with Crippen molar-refractivity contribution in [1.82, 2.24) is 5.32 Å². The molecule has 1 amide bonds. The van der Waals surface area contributed by atoms with Gasteiger partial charge in [-0.25, -0.2) is 0 Å². The second-order valence-corrected chi connectivity index (χ2v) is 8.18. The number of carbonyl (C=O) groups excluding carboxylic acids is 2. The average molecular weight is 418 g/mol. The normalized spacial score (nSPS) is 13.8. The van der Waals surface area contributed by atoms with Crippen LogP contribution in [0.1, 0.15) is 32.1 Å².